The predicted octanol–water partition coefficient (Wildman–Crippen LogP) is 4.90. The van der Waals surface area contributed by atoms with Crippen LogP contribution in [0.15, 0.2) is 36.4 Å². The average Bonchev–Trinajstić information content (AvgIpc) is 2.72. The molecule has 0 aliphatic carbocycles. The Morgan fingerprint density at radius 3 is 2.67 bits per heavy atom. The quantitative estimate of drug-likeness (QED) is 0.594. The zero-order valence-electron chi connectivity index (χ0n) is 15.3. The highest BCUT2D eigenvalue weighted by Gasteiger charge is 2.28. The van der Waals surface area contributed by atoms with Gasteiger partial charge in [0.1, 0.15) is 0 Å². The van der Waals surface area contributed by atoms with Crippen molar-refractivity contribution in [3.8, 4) is 11.4 Å². The molecule has 2 aromatic carbocycles. The maximum Gasteiger partial charge on any atom is 0.289 e. The molecule has 1 aliphatic heterocycles. The van der Waals surface area contributed by atoms with Gasteiger partial charge in [-0.2, -0.15) is 0 Å². The molecular formula is C22H27N2+. The Morgan fingerprint density at radius 2 is 1.92 bits per heavy atom. The van der Waals surface area contributed by atoms with Gasteiger partial charge in [-0.15, -0.1) is 0 Å². The molecule has 0 atom stereocenters. The summed E-state index contributed by atoms with van der Waals surface area (Å²) in [4.78, 5) is 0. The van der Waals surface area contributed by atoms with Crippen LogP contribution in [-0.4, -0.2) is 4.57 Å². The maximum atomic E-state index is 2.56. The van der Waals surface area contributed by atoms with Crippen molar-refractivity contribution >= 4 is 11.0 Å². The van der Waals surface area contributed by atoms with E-state index in [-0.39, 0.29) is 0 Å². The van der Waals surface area contributed by atoms with Gasteiger partial charge in [0.2, 0.25) is 0 Å². The second-order valence-corrected chi connectivity index (χ2v) is 7.51. The van der Waals surface area contributed by atoms with Crippen molar-refractivity contribution < 1.29 is 4.57 Å². The number of benzene rings is 2. The van der Waals surface area contributed by atoms with Gasteiger partial charge in [-0.25, -0.2) is 9.13 Å². The lowest BCUT2D eigenvalue weighted by Gasteiger charge is -2.10. The van der Waals surface area contributed by atoms with Gasteiger partial charge >= 0.3 is 0 Å². The Hall–Kier alpha value is -2.09. The lowest BCUT2D eigenvalue weighted by atomic mass is 9.97. The molecule has 0 saturated carbocycles. The highest BCUT2D eigenvalue weighted by atomic mass is 15.2. The van der Waals surface area contributed by atoms with Gasteiger partial charge in [-0.3, -0.25) is 0 Å². The average molecular weight is 319 g/mol. The molecule has 3 aromatic rings. The first-order valence-electron chi connectivity index (χ1n) is 9.19. The van der Waals surface area contributed by atoms with Crippen LogP contribution in [0.25, 0.3) is 22.4 Å². The molecule has 24 heavy (non-hydrogen) atoms. The van der Waals surface area contributed by atoms with Crippen molar-refractivity contribution in [2.45, 2.75) is 52.5 Å². The van der Waals surface area contributed by atoms with E-state index in [4.69, 9.17) is 0 Å². The Morgan fingerprint density at radius 1 is 1.08 bits per heavy atom. The topological polar surface area (TPSA) is 8.81 Å². The van der Waals surface area contributed by atoms with Gasteiger partial charge in [0.15, 0.2) is 11.0 Å². The second-order valence-electron chi connectivity index (χ2n) is 7.51. The molecule has 0 bridgehead atoms. The summed E-state index contributed by atoms with van der Waals surface area (Å²) in [6.45, 7) is 7.90. The summed E-state index contributed by atoms with van der Waals surface area (Å²) in [5.74, 6) is 1.93. The molecule has 1 aromatic heterocycles. The van der Waals surface area contributed by atoms with Crippen LogP contribution in [0.4, 0.5) is 0 Å². The first-order valence-corrected chi connectivity index (χ1v) is 9.19. The standard InChI is InChI=1S/C22H27N2/c1-15(2)18-11-12-19(16(3)14-18)22-23(4)20-10-7-9-17-8-5-6-13-24(22)21(17)20/h7,9-12,14-15H,5-6,8,13H2,1-4H3/q+1. The number of aryl methyl sites for hydroxylation is 4. The van der Waals surface area contributed by atoms with Crippen LogP contribution < -0.4 is 4.57 Å². The second kappa shape index (κ2) is 5.77. The molecule has 0 unspecified atom stereocenters. The fourth-order valence-electron chi connectivity index (χ4n) is 4.19. The van der Waals surface area contributed by atoms with E-state index >= 15 is 0 Å². The number of nitrogens with zero attached hydrogens (tertiary/aromatic N) is 2. The van der Waals surface area contributed by atoms with Crippen molar-refractivity contribution in [2.24, 2.45) is 7.05 Å². The summed E-state index contributed by atoms with van der Waals surface area (Å²) in [6.07, 6.45) is 3.75. The van der Waals surface area contributed by atoms with Crippen LogP contribution in [0.2, 0.25) is 0 Å². The summed E-state index contributed by atoms with van der Waals surface area (Å²) in [5, 5.41) is 0. The minimum Gasteiger partial charge on any atom is -0.226 e. The zero-order chi connectivity index (χ0) is 16.8. The lowest BCUT2D eigenvalue weighted by molar-refractivity contribution is -0.660. The van der Waals surface area contributed by atoms with E-state index in [1.165, 1.54) is 58.4 Å². The van der Waals surface area contributed by atoms with Crippen LogP contribution in [0.5, 0.6) is 0 Å². The molecule has 0 radical (unpaired) electrons. The molecule has 0 amide bonds. The molecule has 0 N–H and O–H groups in total. The number of aromatic nitrogens is 2. The normalized spacial score (nSPS) is 14.4. The van der Waals surface area contributed by atoms with E-state index in [0.29, 0.717) is 5.92 Å². The van der Waals surface area contributed by atoms with E-state index in [0.717, 1.165) is 6.54 Å². The smallest absolute Gasteiger partial charge is 0.226 e. The molecule has 1 aliphatic rings. The van der Waals surface area contributed by atoms with Crippen molar-refractivity contribution in [1.82, 2.24) is 4.57 Å². The van der Waals surface area contributed by atoms with Crippen molar-refractivity contribution in [3.05, 3.63) is 53.1 Å². The number of imidazole rings is 1. The number of para-hydroxylation sites is 1. The van der Waals surface area contributed by atoms with Crippen molar-refractivity contribution in [2.75, 3.05) is 0 Å². The molecule has 4 rings (SSSR count). The summed E-state index contributed by atoms with van der Waals surface area (Å²) in [6, 6.07) is 13.8. The van der Waals surface area contributed by atoms with Crippen LogP contribution >= 0.6 is 0 Å². The van der Waals surface area contributed by atoms with E-state index in [9.17, 15) is 0 Å². The van der Waals surface area contributed by atoms with E-state index in [1.54, 1.807) is 0 Å². The first kappa shape index (κ1) is 15.4. The SMILES string of the molecule is Cc1cc(C(C)C)ccc1-c1n(C)c2cccc3c2[n+]1CCCC3. The van der Waals surface area contributed by atoms with Gasteiger partial charge in [0.25, 0.3) is 5.82 Å². The Kier molecular flexibility index (Phi) is 3.71. The molecule has 0 spiro atoms. The van der Waals surface area contributed by atoms with Gasteiger partial charge in [0, 0.05) is 5.56 Å². The third-order valence-electron chi connectivity index (χ3n) is 5.54. The van der Waals surface area contributed by atoms with E-state index < -0.39 is 0 Å². The molecule has 0 fully saturated rings. The van der Waals surface area contributed by atoms with Crippen LogP contribution in [-0.2, 0) is 20.0 Å². The molecular weight excluding hydrogens is 292 g/mol. The van der Waals surface area contributed by atoms with Crippen LogP contribution in [0, 0.1) is 6.92 Å². The molecule has 2 heteroatoms. The van der Waals surface area contributed by atoms with Crippen molar-refractivity contribution in [1.29, 1.82) is 0 Å². The minimum atomic E-state index is 0.575. The van der Waals surface area contributed by atoms with E-state index in [1.807, 2.05) is 0 Å². The fourth-order valence-corrected chi connectivity index (χ4v) is 4.19. The van der Waals surface area contributed by atoms with Crippen molar-refractivity contribution in [3.63, 3.8) is 0 Å². The first-order chi connectivity index (χ1) is 11.6. The molecule has 2 heterocycles. The molecule has 2 nitrogen and oxygen atoms in total. The van der Waals surface area contributed by atoms with Gasteiger partial charge in [-0.1, -0.05) is 38.1 Å². The Balaban J connectivity index is 2.00. The Labute approximate surface area is 144 Å². The van der Waals surface area contributed by atoms with Crippen LogP contribution in [0.1, 0.15) is 49.3 Å². The fraction of sp³-hybridized carbons (Fsp3) is 0.409. The summed E-state index contributed by atoms with van der Waals surface area (Å²) >= 11 is 0. The summed E-state index contributed by atoms with van der Waals surface area (Å²) in [5.41, 5.74) is 8.47. The highest BCUT2D eigenvalue weighted by molar-refractivity contribution is 5.79. The summed E-state index contributed by atoms with van der Waals surface area (Å²) < 4.78 is 4.95. The predicted molar refractivity (Wildman–Crippen MR) is 100 cm³/mol. The molecule has 124 valence electrons. The third kappa shape index (κ3) is 2.28. The van der Waals surface area contributed by atoms with Crippen LogP contribution in [0.3, 0.4) is 0 Å². The van der Waals surface area contributed by atoms with E-state index in [2.05, 4.69) is 73.4 Å². The van der Waals surface area contributed by atoms with Gasteiger partial charge < -0.3 is 0 Å². The van der Waals surface area contributed by atoms with Gasteiger partial charge in [0.05, 0.1) is 19.2 Å². The lowest BCUT2D eigenvalue weighted by Crippen LogP contribution is -2.35. The molecule has 0 saturated heterocycles. The summed E-state index contributed by atoms with van der Waals surface area (Å²) in [7, 11) is 2.22. The largest absolute Gasteiger partial charge is 0.289 e. The third-order valence-corrected chi connectivity index (χ3v) is 5.54. The highest BCUT2D eigenvalue weighted by Crippen LogP contribution is 2.30. The number of rotatable bonds is 2. The number of hydrogen-bond acceptors (Lipinski definition) is 0. The Bertz CT molecular complexity index is 915. The maximum absolute atomic E-state index is 2.56. The zero-order valence-corrected chi connectivity index (χ0v) is 15.3. The number of hydrogen-bond donors (Lipinski definition) is 0. The van der Waals surface area contributed by atoms with Gasteiger partial charge in [-0.05, 0) is 55.4 Å². The monoisotopic (exact) mass is 319 g/mol. The minimum absolute atomic E-state index is 0.575.